The van der Waals surface area contributed by atoms with E-state index >= 15 is 0 Å². The van der Waals surface area contributed by atoms with Gasteiger partial charge in [0.25, 0.3) is 0 Å². The molecular formula is C31H42ClN3O2. The largest absolute Gasteiger partial charge is 0.494 e. The first-order valence-electron chi connectivity index (χ1n) is 14.1. The smallest absolute Gasteiger partial charge is 0.223 e. The molecule has 1 aromatic heterocycles. The van der Waals surface area contributed by atoms with E-state index in [1.54, 1.807) is 0 Å². The Bertz CT molecular complexity index is 1140. The number of hydrogen-bond donors (Lipinski definition) is 1. The summed E-state index contributed by atoms with van der Waals surface area (Å²) in [5, 5.41) is 3.98. The minimum absolute atomic E-state index is 0.249. The van der Waals surface area contributed by atoms with E-state index in [1.165, 1.54) is 24.8 Å². The molecular weight excluding hydrogens is 482 g/mol. The van der Waals surface area contributed by atoms with Gasteiger partial charge >= 0.3 is 0 Å². The summed E-state index contributed by atoms with van der Waals surface area (Å²) in [6, 6.07) is 12.4. The second-order valence-electron chi connectivity index (χ2n) is 10.5. The molecule has 200 valence electrons. The lowest BCUT2D eigenvalue weighted by atomic mass is 9.89. The van der Waals surface area contributed by atoms with Gasteiger partial charge in [-0.3, -0.25) is 4.79 Å². The Labute approximate surface area is 227 Å². The number of amides is 1. The van der Waals surface area contributed by atoms with Crippen LogP contribution in [-0.4, -0.2) is 28.6 Å². The molecule has 0 aliphatic heterocycles. The number of aryl methyl sites for hydroxylation is 4. The SMILES string of the molecule is Cc1cc(OCCCCn2c(CCCCCNC(=O)C3CCCCC3)nc3ccccc32)cc(C)c1Cl. The van der Waals surface area contributed by atoms with Gasteiger partial charge in [0, 0.05) is 30.5 Å². The fraction of sp³-hybridized carbons (Fsp3) is 0.548. The van der Waals surface area contributed by atoms with Gasteiger partial charge in [-0.05, 0) is 87.8 Å². The van der Waals surface area contributed by atoms with Gasteiger partial charge in [0.1, 0.15) is 11.6 Å². The van der Waals surface area contributed by atoms with Gasteiger partial charge in [-0.15, -0.1) is 0 Å². The Morgan fingerprint density at radius 3 is 2.57 bits per heavy atom. The van der Waals surface area contributed by atoms with Gasteiger partial charge in [0.15, 0.2) is 0 Å². The molecule has 1 amide bonds. The van der Waals surface area contributed by atoms with Crippen LogP contribution in [0.1, 0.15) is 81.2 Å². The Hall–Kier alpha value is -2.53. The highest BCUT2D eigenvalue weighted by Crippen LogP contribution is 2.26. The highest BCUT2D eigenvalue weighted by Gasteiger charge is 2.20. The monoisotopic (exact) mass is 523 g/mol. The number of imidazole rings is 1. The number of benzene rings is 2. The Morgan fingerprint density at radius 2 is 1.78 bits per heavy atom. The molecule has 4 rings (SSSR count). The number of halogens is 1. The number of carbonyl (C=O) groups excluding carboxylic acids is 1. The third-order valence-electron chi connectivity index (χ3n) is 7.54. The first-order chi connectivity index (χ1) is 18.0. The Morgan fingerprint density at radius 1 is 1.03 bits per heavy atom. The molecule has 0 saturated heterocycles. The number of nitrogens with one attached hydrogen (secondary N) is 1. The molecule has 1 aliphatic rings. The summed E-state index contributed by atoms with van der Waals surface area (Å²) in [6.45, 7) is 6.45. The average Bonchev–Trinajstić information content (AvgIpc) is 3.26. The number of rotatable bonds is 13. The van der Waals surface area contributed by atoms with Crippen LogP contribution in [0.2, 0.25) is 5.02 Å². The van der Waals surface area contributed by atoms with E-state index in [1.807, 2.05) is 26.0 Å². The van der Waals surface area contributed by atoms with Gasteiger partial charge < -0.3 is 14.6 Å². The molecule has 1 N–H and O–H groups in total. The molecule has 1 fully saturated rings. The topological polar surface area (TPSA) is 56.1 Å². The van der Waals surface area contributed by atoms with Crippen molar-refractivity contribution in [3.63, 3.8) is 0 Å². The number of ether oxygens (including phenoxy) is 1. The van der Waals surface area contributed by atoms with Crippen LogP contribution in [0.5, 0.6) is 5.75 Å². The summed E-state index contributed by atoms with van der Waals surface area (Å²) in [6.07, 6.45) is 12.0. The van der Waals surface area contributed by atoms with Gasteiger partial charge in [0.2, 0.25) is 5.91 Å². The summed E-state index contributed by atoms with van der Waals surface area (Å²) in [4.78, 5) is 17.3. The third-order valence-corrected chi connectivity index (χ3v) is 8.14. The third kappa shape index (κ3) is 7.73. The van der Waals surface area contributed by atoms with E-state index in [4.69, 9.17) is 21.3 Å². The molecule has 3 aromatic rings. The normalized spacial score (nSPS) is 14.2. The molecule has 0 bridgehead atoms. The van der Waals surface area contributed by atoms with Crippen LogP contribution >= 0.6 is 11.6 Å². The standard InChI is InChI=1S/C31H42ClN3O2/c1-23-21-26(22-24(2)30(23)32)37-20-12-11-19-35-28-16-9-8-15-27(28)34-29(35)17-7-4-10-18-33-31(36)25-13-5-3-6-14-25/h8-9,15-16,21-22,25H,3-7,10-14,17-20H2,1-2H3,(H,33,36). The maximum Gasteiger partial charge on any atom is 0.223 e. The average molecular weight is 524 g/mol. The van der Waals surface area contributed by atoms with Crippen LogP contribution in [0.25, 0.3) is 11.0 Å². The number of carbonyl (C=O) groups is 1. The minimum atomic E-state index is 0.249. The van der Waals surface area contributed by atoms with Crippen LogP contribution in [0, 0.1) is 19.8 Å². The van der Waals surface area contributed by atoms with Crippen molar-refractivity contribution in [2.45, 2.75) is 91.0 Å². The lowest BCUT2D eigenvalue weighted by Gasteiger charge is -2.20. The zero-order valence-corrected chi connectivity index (χ0v) is 23.3. The predicted octanol–water partition coefficient (Wildman–Crippen LogP) is 7.58. The van der Waals surface area contributed by atoms with Crippen molar-refractivity contribution < 1.29 is 9.53 Å². The van der Waals surface area contributed by atoms with Crippen LogP contribution in [-0.2, 0) is 17.8 Å². The van der Waals surface area contributed by atoms with Crippen molar-refractivity contribution >= 4 is 28.5 Å². The van der Waals surface area contributed by atoms with Crippen LogP contribution < -0.4 is 10.1 Å². The summed E-state index contributed by atoms with van der Waals surface area (Å²) in [5.41, 5.74) is 4.39. The van der Waals surface area contributed by atoms with Crippen molar-refractivity contribution in [3.8, 4) is 5.75 Å². The van der Waals surface area contributed by atoms with Crippen LogP contribution in [0.15, 0.2) is 36.4 Å². The maximum absolute atomic E-state index is 12.3. The molecule has 0 spiro atoms. The van der Waals surface area contributed by atoms with Crippen LogP contribution in [0.3, 0.4) is 0 Å². The number of fused-ring (bicyclic) bond motifs is 1. The zero-order valence-electron chi connectivity index (χ0n) is 22.5. The number of hydrogen-bond acceptors (Lipinski definition) is 3. The second-order valence-corrected chi connectivity index (χ2v) is 10.9. The molecule has 1 aliphatic carbocycles. The summed E-state index contributed by atoms with van der Waals surface area (Å²) in [5.74, 6) is 2.57. The van der Waals surface area contributed by atoms with Crippen molar-refractivity contribution in [3.05, 3.63) is 58.4 Å². The van der Waals surface area contributed by atoms with Crippen molar-refractivity contribution in [1.29, 1.82) is 0 Å². The molecule has 0 radical (unpaired) electrons. The molecule has 0 unspecified atom stereocenters. The van der Waals surface area contributed by atoms with E-state index in [9.17, 15) is 4.79 Å². The van der Waals surface area contributed by atoms with E-state index in [0.29, 0.717) is 6.61 Å². The van der Waals surface area contributed by atoms with Gasteiger partial charge in [-0.1, -0.05) is 49.4 Å². The molecule has 6 heteroatoms. The molecule has 5 nitrogen and oxygen atoms in total. The lowest BCUT2D eigenvalue weighted by Crippen LogP contribution is -2.32. The molecule has 1 saturated carbocycles. The lowest BCUT2D eigenvalue weighted by molar-refractivity contribution is -0.125. The second kappa shape index (κ2) is 13.9. The highest BCUT2D eigenvalue weighted by atomic mass is 35.5. The van der Waals surface area contributed by atoms with E-state index in [0.717, 1.165) is 97.7 Å². The Balaban J connectivity index is 1.21. The van der Waals surface area contributed by atoms with E-state index in [-0.39, 0.29) is 11.8 Å². The Kier molecular flexibility index (Phi) is 10.3. The first kappa shape index (κ1) is 27.5. The highest BCUT2D eigenvalue weighted by molar-refractivity contribution is 6.32. The predicted molar refractivity (Wildman–Crippen MR) is 153 cm³/mol. The first-order valence-corrected chi connectivity index (χ1v) is 14.5. The summed E-state index contributed by atoms with van der Waals surface area (Å²) in [7, 11) is 0. The fourth-order valence-corrected chi connectivity index (χ4v) is 5.53. The zero-order chi connectivity index (χ0) is 26.0. The quantitative estimate of drug-likeness (QED) is 0.235. The maximum atomic E-state index is 12.3. The molecule has 37 heavy (non-hydrogen) atoms. The summed E-state index contributed by atoms with van der Waals surface area (Å²) < 4.78 is 8.39. The van der Waals surface area contributed by atoms with Gasteiger partial charge in [0.05, 0.1) is 17.6 Å². The number of aromatic nitrogens is 2. The van der Waals surface area contributed by atoms with Crippen molar-refractivity contribution in [2.24, 2.45) is 5.92 Å². The molecule has 2 aromatic carbocycles. The van der Waals surface area contributed by atoms with Gasteiger partial charge in [-0.25, -0.2) is 4.98 Å². The fourth-order valence-electron chi connectivity index (χ4n) is 5.42. The van der Waals surface area contributed by atoms with Crippen LogP contribution in [0.4, 0.5) is 0 Å². The summed E-state index contributed by atoms with van der Waals surface area (Å²) >= 11 is 6.27. The number of nitrogens with zero attached hydrogens (tertiary/aromatic N) is 2. The number of unbranched alkanes of at least 4 members (excludes halogenated alkanes) is 3. The van der Waals surface area contributed by atoms with Gasteiger partial charge in [-0.2, -0.15) is 0 Å². The van der Waals surface area contributed by atoms with E-state index < -0.39 is 0 Å². The molecule has 0 atom stereocenters. The van der Waals surface area contributed by atoms with Crippen molar-refractivity contribution in [1.82, 2.24) is 14.9 Å². The van der Waals surface area contributed by atoms with Crippen molar-refractivity contribution in [2.75, 3.05) is 13.2 Å². The number of para-hydroxylation sites is 2. The van der Waals surface area contributed by atoms with E-state index in [2.05, 4.69) is 34.1 Å². The molecule has 1 heterocycles. The minimum Gasteiger partial charge on any atom is -0.494 e.